The summed E-state index contributed by atoms with van der Waals surface area (Å²) >= 11 is 0. The number of terminal acetylenes is 1. The molecule has 0 saturated heterocycles. The maximum Gasteiger partial charge on any atom is 0.163 e. The lowest BCUT2D eigenvalue weighted by molar-refractivity contribution is 0.178. The molecule has 0 radical (unpaired) electrons. The van der Waals surface area contributed by atoms with Crippen LogP contribution in [0, 0.1) is 19.3 Å². The quantitative estimate of drug-likeness (QED) is 0.606. The normalized spacial score (nSPS) is 12.3. The highest BCUT2D eigenvalue weighted by Crippen LogP contribution is 2.36. The van der Waals surface area contributed by atoms with E-state index in [-0.39, 0.29) is 26.4 Å². The number of aliphatic imine (C=N–C) groups is 1. The van der Waals surface area contributed by atoms with Crippen molar-refractivity contribution in [1.82, 2.24) is 0 Å². The molecule has 0 spiro atoms. The van der Waals surface area contributed by atoms with Gasteiger partial charge in [0, 0.05) is 23.4 Å². The first-order valence-corrected chi connectivity index (χ1v) is 8.93. The highest BCUT2D eigenvalue weighted by Gasteiger charge is 2.20. The van der Waals surface area contributed by atoms with Crippen LogP contribution in [0.25, 0.3) is 0 Å². The zero-order valence-corrected chi connectivity index (χ0v) is 15.7. The van der Waals surface area contributed by atoms with E-state index >= 15 is 0 Å². The lowest BCUT2D eigenvalue weighted by atomic mass is 10.1. The summed E-state index contributed by atoms with van der Waals surface area (Å²) in [5.41, 5.74) is 7.74. The smallest absolute Gasteiger partial charge is 0.163 e. The van der Waals surface area contributed by atoms with Crippen LogP contribution in [0.5, 0.6) is 11.5 Å². The van der Waals surface area contributed by atoms with Crippen molar-refractivity contribution < 1.29 is 19.7 Å². The number of hydrogen-bond donors (Lipinski definition) is 3. The summed E-state index contributed by atoms with van der Waals surface area (Å²) in [7, 11) is 0. The third kappa shape index (κ3) is 4.19. The lowest BCUT2D eigenvalue weighted by Crippen LogP contribution is -2.33. The van der Waals surface area contributed by atoms with Gasteiger partial charge in [0.05, 0.1) is 24.6 Å². The van der Waals surface area contributed by atoms with Gasteiger partial charge in [-0.3, -0.25) is 15.4 Å². The zero-order chi connectivity index (χ0) is 19.9. The van der Waals surface area contributed by atoms with Gasteiger partial charge in [-0.2, -0.15) is 0 Å². The highest BCUT2D eigenvalue weighted by atomic mass is 16.5. The van der Waals surface area contributed by atoms with Crippen molar-refractivity contribution in [1.29, 1.82) is 0 Å². The average molecular weight is 381 g/mol. The predicted octanol–water partition coefficient (Wildman–Crippen LogP) is 1.94. The highest BCUT2D eigenvalue weighted by molar-refractivity contribution is 5.92. The summed E-state index contributed by atoms with van der Waals surface area (Å²) in [4.78, 5) is 4.39. The second kappa shape index (κ2) is 9.13. The maximum atomic E-state index is 9.09. The Hall–Kier alpha value is -3.21. The minimum absolute atomic E-state index is 0.108. The Morgan fingerprint density at radius 1 is 1.18 bits per heavy atom. The first-order valence-electron chi connectivity index (χ1n) is 8.93. The van der Waals surface area contributed by atoms with E-state index in [0.29, 0.717) is 18.2 Å². The van der Waals surface area contributed by atoms with E-state index in [1.807, 2.05) is 36.2 Å². The fourth-order valence-electron chi connectivity index (χ4n) is 2.89. The molecule has 1 aliphatic rings. The number of aliphatic hydroxyl groups is 2. The Labute approximate surface area is 164 Å². The van der Waals surface area contributed by atoms with Crippen molar-refractivity contribution in [3.05, 3.63) is 47.0 Å². The van der Waals surface area contributed by atoms with Gasteiger partial charge < -0.3 is 19.7 Å². The third-order valence-electron chi connectivity index (χ3n) is 4.28. The average Bonchev–Trinajstić information content (AvgIpc) is 2.72. The van der Waals surface area contributed by atoms with E-state index in [4.69, 9.17) is 26.1 Å². The minimum Gasteiger partial charge on any atom is -0.487 e. The van der Waals surface area contributed by atoms with Crippen molar-refractivity contribution >= 4 is 17.6 Å². The minimum atomic E-state index is -0.113. The molecule has 1 aliphatic heterocycles. The summed E-state index contributed by atoms with van der Waals surface area (Å²) in [6.45, 7) is 2.43. The number of ether oxygens (including phenoxy) is 2. The van der Waals surface area contributed by atoms with Crippen LogP contribution in [0.1, 0.15) is 16.7 Å². The van der Waals surface area contributed by atoms with Crippen molar-refractivity contribution in [2.45, 2.75) is 6.92 Å². The molecule has 2 aromatic carbocycles. The molecule has 0 aromatic heterocycles. The van der Waals surface area contributed by atoms with E-state index in [1.165, 1.54) is 0 Å². The van der Waals surface area contributed by atoms with Crippen molar-refractivity contribution in [2.75, 3.05) is 43.5 Å². The number of anilines is 2. The molecular weight excluding hydrogens is 358 g/mol. The molecule has 0 unspecified atom stereocenters. The summed E-state index contributed by atoms with van der Waals surface area (Å²) in [6, 6.07) is 9.39. The largest absolute Gasteiger partial charge is 0.487 e. The maximum absolute atomic E-state index is 9.09. The number of hydrogen-bond acceptors (Lipinski definition) is 7. The molecule has 28 heavy (non-hydrogen) atoms. The Morgan fingerprint density at radius 3 is 2.57 bits per heavy atom. The van der Waals surface area contributed by atoms with Gasteiger partial charge in [0.1, 0.15) is 19.9 Å². The summed E-state index contributed by atoms with van der Waals surface area (Å²) in [5, 5.41) is 20.0. The second-order valence-corrected chi connectivity index (χ2v) is 6.12. The van der Waals surface area contributed by atoms with Gasteiger partial charge in [0.2, 0.25) is 0 Å². The second-order valence-electron chi connectivity index (χ2n) is 6.12. The fraction of sp³-hybridized carbons (Fsp3) is 0.286. The fourth-order valence-corrected chi connectivity index (χ4v) is 2.89. The van der Waals surface area contributed by atoms with Crippen molar-refractivity contribution in [2.24, 2.45) is 4.99 Å². The molecule has 146 valence electrons. The summed E-state index contributed by atoms with van der Waals surface area (Å²) < 4.78 is 11.2. The van der Waals surface area contributed by atoms with Crippen LogP contribution < -0.4 is 19.9 Å². The van der Waals surface area contributed by atoms with Crippen LogP contribution in [0.2, 0.25) is 0 Å². The number of hydrazine groups is 1. The van der Waals surface area contributed by atoms with E-state index < -0.39 is 0 Å². The molecule has 7 heteroatoms. The van der Waals surface area contributed by atoms with Gasteiger partial charge in [-0.05, 0) is 30.7 Å². The SMILES string of the molecule is C#Cc1cccc(NN2CN=Cc3cc(OCCO)c(OCCO)cc32)c1C. The van der Waals surface area contributed by atoms with Gasteiger partial charge in [0.25, 0.3) is 0 Å². The zero-order valence-electron chi connectivity index (χ0n) is 15.7. The first kappa shape index (κ1) is 19.5. The van der Waals surface area contributed by atoms with Gasteiger partial charge in [0.15, 0.2) is 11.5 Å². The Kier molecular flexibility index (Phi) is 6.37. The number of benzene rings is 2. The lowest BCUT2D eigenvalue weighted by Gasteiger charge is -2.30. The molecule has 0 bridgehead atoms. The van der Waals surface area contributed by atoms with Gasteiger partial charge in [-0.15, -0.1) is 6.42 Å². The molecule has 7 nitrogen and oxygen atoms in total. The van der Waals surface area contributed by atoms with Gasteiger partial charge in [-0.25, -0.2) is 0 Å². The molecule has 0 amide bonds. The summed E-state index contributed by atoms with van der Waals surface area (Å²) in [6.07, 6.45) is 7.33. The Balaban J connectivity index is 1.94. The molecule has 0 fully saturated rings. The predicted molar refractivity (Wildman–Crippen MR) is 109 cm³/mol. The monoisotopic (exact) mass is 381 g/mol. The topological polar surface area (TPSA) is 86.6 Å². The molecule has 3 rings (SSSR count). The number of aliphatic hydroxyl groups excluding tert-OH is 2. The van der Waals surface area contributed by atoms with E-state index in [0.717, 1.165) is 28.1 Å². The van der Waals surface area contributed by atoms with Gasteiger partial charge in [-0.1, -0.05) is 12.0 Å². The standard InChI is InChI=1S/C21H23N3O4/c1-3-16-5-4-6-18(15(16)2)23-24-14-22-13-17-11-20(27-9-7-25)21(12-19(17)24)28-10-8-26/h1,4-6,11-13,23,25-26H,7-10,14H2,2H3. The van der Waals surface area contributed by atoms with Crippen LogP contribution in [0.15, 0.2) is 35.3 Å². The number of nitrogens with zero attached hydrogens (tertiary/aromatic N) is 2. The van der Waals surface area contributed by atoms with Crippen molar-refractivity contribution in [3.63, 3.8) is 0 Å². The van der Waals surface area contributed by atoms with Crippen LogP contribution in [0.4, 0.5) is 11.4 Å². The van der Waals surface area contributed by atoms with E-state index in [9.17, 15) is 0 Å². The van der Waals surface area contributed by atoms with E-state index in [2.05, 4.69) is 16.3 Å². The molecule has 0 aliphatic carbocycles. The third-order valence-corrected chi connectivity index (χ3v) is 4.28. The molecule has 3 N–H and O–H groups in total. The molecule has 2 aromatic rings. The summed E-state index contributed by atoms with van der Waals surface area (Å²) in [5.74, 6) is 3.65. The molecule has 0 saturated carbocycles. The van der Waals surface area contributed by atoms with E-state index in [1.54, 1.807) is 12.3 Å². The van der Waals surface area contributed by atoms with Crippen LogP contribution in [-0.4, -0.2) is 49.5 Å². The van der Waals surface area contributed by atoms with Crippen LogP contribution in [0.3, 0.4) is 0 Å². The Morgan fingerprint density at radius 2 is 1.89 bits per heavy atom. The van der Waals surface area contributed by atoms with Crippen LogP contribution >= 0.6 is 0 Å². The molecular formula is C21H23N3O4. The number of fused-ring (bicyclic) bond motifs is 1. The van der Waals surface area contributed by atoms with Crippen LogP contribution in [-0.2, 0) is 0 Å². The molecule has 0 atom stereocenters. The molecule has 1 heterocycles. The number of nitrogens with one attached hydrogen (secondary N) is 1. The van der Waals surface area contributed by atoms with Gasteiger partial charge >= 0.3 is 0 Å². The van der Waals surface area contributed by atoms with Crippen molar-refractivity contribution in [3.8, 4) is 23.8 Å². The first-order chi connectivity index (χ1) is 13.7. The Bertz CT molecular complexity index is 905. The number of rotatable bonds is 8.